The van der Waals surface area contributed by atoms with Crippen LogP contribution in [0.5, 0.6) is 5.75 Å². The summed E-state index contributed by atoms with van der Waals surface area (Å²) in [4.78, 5) is 36.1. The number of ether oxygens (including phenoxy) is 2. The number of amides is 2. The van der Waals surface area contributed by atoms with E-state index in [0.29, 0.717) is 22.1 Å². The van der Waals surface area contributed by atoms with Crippen LogP contribution in [0.25, 0.3) is 16.2 Å². The maximum absolute atomic E-state index is 12.2. The molecule has 0 spiro atoms. The molecule has 9 heteroatoms. The predicted octanol–water partition coefficient (Wildman–Crippen LogP) is 4.72. The summed E-state index contributed by atoms with van der Waals surface area (Å²) in [6, 6.07) is 12.4. The molecule has 1 aromatic heterocycles. The Morgan fingerprint density at radius 1 is 1.13 bits per heavy atom. The Bertz CT molecular complexity index is 1170. The van der Waals surface area contributed by atoms with Gasteiger partial charge in [-0.15, -0.1) is 11.3 Å². The molecule has 0 fully saturated rings. The third-order valence-electron chi connectivity index (χ3n) is 4.07. The molecule has 2 aromatic carbocycles. The zero-order valence-corrected chi connectivity index (χ0v) is 18.3. The molecule has 0 radical (unpaired) electrons. The number of thiophene rings is 1. The van der Waals surface area contributed by atoms with E-state index in [-0.39, 0.29) is 5.91 Å². The summed E-state index contributed by atoms with van der Waals surface area (Å²) >= 11 is 7.79. The predicted molar refractivity (Wildman–Crippen MR) is 123 cm³/mol. The lowest BCUT2D eigenvalue weighted by molar-refractivity contribution is -0.142. The maximum atomic E-state index is 12.2. The average molecular weight is 459 g/mol. The van der Waals surface area contributed by atoms with Gasteiger partial charge in [-0.05, 0) is 30.3 Å². The quantitative estimate of drug-likeness (QED) is 0.395. The lowest BCUT2D eigenvalue weighted by Crippen LogP contribution is -2.20. The number of halogens is 1. The van der Waals surface area contributed by atoms with Crippen LogP contribution in [0.15, 0.2) is 48.5 Å². The van der Waals surface area contributed by atoms with Gasteiger partial charge in [0, 0.05) is 33.7 Å². The van der Waals surface area contributed by atoms with E-state index in [0.717, 1.165) is 15.0 Å². The van der Waals surface area contributed by atoms with Crippen molar-refractivity contribution < 1.29 is 23.9 Å². The number of methoxy groups -OCH3 is 1. The molecular weight excluding hydrogens is 440 g/mol. The van der Waals surface area contributed by atoms with Crippen LogP contribution in [0.2, 0.25) is 5.02 Å². The first-order valence-corrected chi connectivity index (χ1v) is 10.3. The largest absolute Gasteiger partial charge is 0.495 e. The number of nitrogens with one attached hydrogen (secondary N) is 2. The summed E-state index contributed by atoms with van der Waals surface area (Å²) in [7, 11) is 1.45. The summed E-state index contributed by atoms with van der Waals surface area (Å²) in [5, 5.41) is 6.69. The fourth-order valence-electron chi connectivity index (χ4n) is 2.74. The molecule has 3 rings (SSSR count). The van der Waals surface area contributed by atoms with Crippen LogP contribution in [0.1, 0.15) is 11.8 Å². The van der Waals surface area contributed by atoms with Gasteiger partial charge in [0.2, 0.25) is 5.91 Å². The van der Waals surface area contributed by atoms with Gasteiger partial charge in [-0.2, -0.15) is 0 Å². The van der Waals surface area contributed by atoms with E-state index in [4.69, 9.17) is 21.1 Å². The van der Waals surface area contributed by atoms with Crippen molar-refractivity contribution >= 4 is 68.3 Å². The van der Waals surface area contributed by atoms with Gasteiger partial charge in [0.1, 0.15) is 5.75 Å². The van der Waals surface area contributed by atoms with Crippen molar-refractivity contribution in [3.63, 3.8) is 0 Å². The number of anilines is 2. The molecule has 2 amide bonds. The van der Waals surface area contributed by atoms with Gasteiger partial charge in [0.05, 0.1) is 17.8 Å². The summed E-state index contributed by atoms with van der Waals surface area (Å²) in [6.07, 6.45) is 2.79. The standard InChI is InChI=1S/C22H19ClN2O5S/c1-13(26)24-14-7-8-17(29-2)16(11-14)25-20(27)12-30-21(28)10-9-19-22(23)15-5-3-4-6-18(15)31-19/h3-11H,12H2,1-2H3,(H,24,26)(H,25,27)/b10-9+. The van der Waals surface area contributed by atoms with Crippen molar-refractivity contribution in [2.45, 2.75) is 6.92 Å². The highest BCUT2D eigenvalue weighted by Crippen LogP contribution is 2.35. The highest BCUT2D eigenvalue weighted by molar-refractivity contribution is 7.20. The van der Waals surface area contributed by atoms with E-state index in [1.165, 1.54) is 31.4 Å². The van der Waals surface area contributed by atoms with Crippen LogP contribution in [0.4, 0.5) is 11.4 Å². The highest BCUT2D eigenvalue weighted by Gasteiger charge is 2.12. The first kappa shape index (κ1) is 22.3. The molecule has 0 unspecified atom stereocenters. The maximum Gasteiger partial charge on any atom is 0.331 e. The van der Waals surface area contributed by atoms with E-state index in [1.807, 2.05) is 24.3 Å². The van der Waals surface area contributed by atoms with Gasteiger partial charge in [0.25, 0.3) is 5.91 Å². The van der Waals surface area contributed by atoms with Crippen molar-refractivity contribution in [1.29, 1.82) is 0 Å². The molecule has 3 aromatic rings. The van der Waals surface area contributed by atoms with E-state index in [1.54, 1.807) is 24.3 Å². The monoisotopic (exact) mass is 458 g/mol. The molecule has 2 N–H and O–H groups in total. The average Bonchev–Trinajstić information content (AvgIpc) is 3.06. The topological polar surface area (TPSA) is 93.7 Å². The second-order valence-electron chi connectivity index (χ2n) is 6.36. The van der Waals surface area contributed by atoms with E-state index >= 15 is 0 Å². The molecule has 0 aliphatic carbocycles. The number of rotatable bonds is 7. The first-order chi connectivity index (χ1) is 14.9. The Hall–Kier alpha value is -3.36. The van der Waals surface area contributed by atoms with Crippen molar-refractivity contribution in [3.8, 4) is 5.75 Å². The first-order valence-electron chi connectivity index (χ1n) is 9.14. The second-order valence-corrected chi connectivity index (χ2v) is 7.82. The van der Waals surface area contributed by atoms with Gasteiger partial charge in [-0.3, -0.25) is 9.59 Å². The molecule has 0 bridgehead atoms. The lowest BCUT2D eigenvalue weighted by atomic mass is 10.2. The Labute approximate surface area is 187 Å². The molecule has 0 saturated heterocycles. The minimum absolute atomic E-state index is 0.248. The van der Waals surface area contributed by atoms with Crippen LogP contribution in [-0.2, 0) is 19.1 Å². The number of hydrogen-bond acceptors (Lipinski definition) is 6. The number of fused-ring (bicyclic) bond motifs is 1. The summed E-state index contributed by atoms with van der Waals surface area (Å²) in [5.74, 6) is -1.09. The van der Waals surface area contributed by atoms with Gasteiger partial charge in [-0.1, -0.05) is 29.8 Å². The number of carbonyl (C=O) groups is 3. The van der Waals surface area contributed by atoms with Crippen molar-refractivity contribution in [2.75, 3.05) is 24.4 Å². The number of carbonyl (C=O) groups excluding carboxylic acids is 3. The highest BCUT2D eigenvalue weighted by atomic mass is 35.5. The van der Waals surface area contributed by atoms with Gasteiger partial charge >= 0.3 is 5.97 Å². The molecule has 1 heterocycles. The summed E-state index contributed by atoms with van der Waals surface area (Å²) in [5.41, 5.74) is 0.825. The Morgan fingerprint density at radius 2 is 1.90 bits per heavy atom. The lowest BCUT2D eigenvalue weighted by Gasteiger charge is -2.12. The summed E-state index contributed by atoms with van der Waals surface area (Å²) < 4.78 is 11.2. The molecule has 0 aliphatic rings. The van der Waals surface area contributed by atoms with Crippen molar-refractivity contribution in [2.24, 2.45) is 0 Å². The van der Waals surface area contributed by atoms with Crippen molar-refractivity contribution in [3.05, 3.63) is 58.4 Å². The normalized spacial score (nSPS) is 10.8. The smallest absolute Gasteiger partial charge is 0.331 e. The zero-order chi connectivity index (χ0) is 22.4. The SMILES string of the molecule is COc1ccc(NC(C)=O)cc1NC(=O)COC(=O)/C=C/c1sc2ccccc2c1Cl. The second kappa shape index (κ2) is 10.1. The third kappa shape index (κ3) is 5.84. The minimum Gasteiger partial charge on any atom is -0.495 e. The number of esters is 1. The fraction of sp³-hybridized carbons (Fsp3) is 0.136. The molecular formula is C22H19ClN2O5S. The number of benzene rings is 2. The molecule has 0 saturated carbocycles. The molecule has 0 aliphatic heterocycles. The number of hydrogen-bond donors (Lipinski definition) is 2. The minimum atomic E-state index is -0.678. The Kier molecular flexibility index (Phi) is 7.28. The van der Waals surface area contributed by atoms with Gasteiger partial charge in [0.15, 0.2) is 6.61 Å². The van der Waals surface area contributed by atoms with Crippen molar-refractivity contribution in [1.82, 2.24) is 0 Å². The van der Waals surface area contributed by atoms with Crippen LogP contribution >= 0.6 is 22.9 Å². The Morgan fingerprint density at radius 3 is 2.61 bits per heavy atom. The molecule has 0 atom stereocenters. The molecule has 31 heavy (non-hydrogen) atoms. The van der Waals surface area contributed by atoms with E-state index < -0.39 is 18.5 Å². The van der Waals surface area contributed by atoms with Crippen LogP contribution in [0, 0.1) is 0 Å². The molecule has 160 valence electrons. The van der Waals surface area contributed by atoms with Crippen LogP contribution in [-0.4, -0.2) is 31.5 Å². The third-order valence-corrected chi connectivity index (χ3v) is 5.73. The fourth-order valence-corrected chi connectivity index (χ4v) is 4.14. The van der Waals surface area contributed by atoms with E-state index in [2.05, 4.69) is 10.6 Å². The Balaban J connectivity index is 1.59. The van der Waals surface area contributed by atoms with E-state index in [9.17, 15) is 14.4 Å². The van der Waals surface area contributed by atoms with Gasteiger partial charge in [-0.25, -0.2) is 4.79 Å². The molecule has 7 nitrogen and oxygen atoms in total. The zero-order valence-electron chi connectivity index (χ0n) is 16.7. The van der Waals surface area contributed by atoms with Crippen LogP contribution < -0.4 is 15.4 Å². The van der Waals surface area contributed by atoms with Crippen LogP contribution in [0.3, 0.4) is 0 Å². The van der Waals surface area contributed by atoms with Gasteiger partial charge < -0.3 is 20.1 Å². The summed E-state index contributed by atoms with van der Waals surface area (Å²) in [6.45, 7) is 0.887.